The molecule has 1 heterocycles. The van der Waals surface area contributed by atoms with Crippen LogP contribution in [0.15, 0.2) is 29.2 Å². The number of halogens is 2. The van der Waals surface area contributed by atoms with Crippen molar-refractivity contribution >= 4 is 35.0 Å². The first-order valence-electron chi connectivity index (χ1n) is 6.65. The Bertz CT molecular complexity index is 631. The molecule has 0 unspecified atom stereocenters. The molecule has 0 N–H and O–H groups in total. The molecule has 1 aliphatic carbocycles. The van der Waals surface area contributed by atoms with E-state index in [1.807, 2.05) is 24.3 Å². The van der Waals surface area contributed by atoms with E-state index in [1.54, 1.807) is 11.8 Å². The van der Waals surface area contributed by atoms with E-state index in [0.29, 0.717) is 10.9 Å². The van der Waals surface area contributed by atoms with Crippen LogP contribution in [0.25, 0.3) is 0 Å². The van der Waals surface area contributed by atoms with E-state index in [-0.39, 0.29) is 0 Å². The van der Waals surface area contributed by atoms with Crippen molar-refractivity contribution in [2.24, 2.45) is 0 Å². The highest BCUT2D eigenvalue weighted by Crippen LogP contribution is 2.30. The SMILES string of the molecule is Clc1ccccc1SCc1nc(Cl)c2c(n1)CCCC2. The van der Waals surface area contributed by atoms with Crippen molar-refractivity contribution in [2.45, 2.75) is 36.3 Å². The Hall–Kier alpha value is -0.770. The molecule has 0 atom stereocenters. The summed E-state index contributed by atoms with van der Waals surface area (Å²) < 4.78 is 0. The van der Waals surface area contributed by atoms with Gasteiger partial charge in [0, 0.05) is 16.2 Å². The number of aryl methyl sites for hydroxylation is 1. The van der Waals surface area contributed by atoms with Crippen LogP contribution in [-0.4, -0.2) is 9.97 Å². The van der Waals surface area contributed by atoms with Gasteiger partial charge in [-0.3, -0.25) is 0 Å². The van der Waals surface area contributed by atoms with Crippen LogP contribution in [0.2, 0.25) is 10.2 Å². The van der Waals surface area contributed by atoms with E-state index in [9.17, 15) is 0 Å². The van der Waals surface area contributed by atoms with Crippen LogP contribution in [0.5, 0.6) is 0 Å². The second-order valence-electron chi connectivity index (χ2n) is 4.78. The first kappa shape index (κ1) is 14.2. The van der Waals surface area contributed by atoms with E-state index in [2.05, 4.69) is 9.97 Å². The number of hydrogen-bond donors (Lipinski definition) is 0. The molecule has 1 aliphatic rings. The number of hydrogen-bond acceptors (Lipinski definition) is 3. The molecule has 0 spiro atoms. The van der Waals surface area contributed by atoms with E-state index in [4.69, 9.17) is 23.2 Å². The first-order chi connectivity index (χ1) is 9.74. The highest BCUT2D eigenvalue weighted by atomic mass is 35.5. The van der Waals surface area contributed by atoms with Crippen LogP contribution >= 0.6 is 35.0 Å². The fraction of sp³-hybridized carbons (Fsp3) is 0.333. The number of thioether (sulfide) groups is 1. The minimum absolute atomic E-state index is 0.629. The van der Waals surface area contributed by atoms with Gasteiger partial charge in [0.1, 0.15) is 11.0 Å². The van der Waals surface area contributed by atoms with Gasteiger partial charge in [-0.2, -0.15) is 0 Å². The average Bonchev–Trinajstić information content (AvgIpc) is 2.46. The maximum absolute atomic E-state index is 6.27. The van der Waals surface area contributed by atoms with Crippen molar-refractivity contribution in [1.29, 1.82) is 0 Å². The monoisotopic (exact) mass is 324 g/mol. The largest absolute Gasteiger partial charge is 0.237 e. The summed E-state index contributed by atoms with van der Waals surface area (Å²) in [6, 6.07) is 7.81. The van der Waals surface area contributed by atoms with Gasteiger partial charge in [0.15, 0.2) is 0 Å². The minimum Gasteiger partial charge on any atom is -0.237 e. The van der Waals surface area contributed by atoms with Gasteiger partial charge in [-0.1, -0.05) is 35.3 Å². The summed E-state index contributed by atoms with van der Waals surface area (Å²) in [5.74, 6) is 1.48. The molecule has 3 rings (SSSR count). The van der Waals surface area contributed by atoms with Crippen LogP contribution in [-0.2, 0) is 18.6 Å². The van der Waals surface area contributed by atoms with Gasteiger partial charge in [-0.05, 0) is 37.8 Å². The van der Waals surface area contributed by atoms with Crippen molar-refractivity contribution < 1.29 is 0 Å². The molecule has 2 nitrogen and oxygen atoms in total. The Morgan fingerprint density at radius 1 is 1.05 bits per heavy atom. The molecular weight excluding hydrogens is 311 g/mol. The van der Waals surface area contributed by atoms with Gasteiger partial charge in [0.2, 0.25) is 0 Å². The molecule has 20 heavy (non-hydrogen) atoms. The quantitative estimate of drug-likeness (QED) is 0.589. The normalized spacial score (nSPS) is 14.1. The van der Waals surface area contributed by atoms with Gasteiger partial charge in [-0.15, -0.1) is 11.8 Å². The molecule has 0 fully saturated rings. The topological polar surface area (TPSA) is 25.8 Å². The van der Waals surface area contributed by atoms with Crippen molar-refractivity contribution in [1.82, 2.24) is 9.97 Å². The molecule has 1 aromatic heterocycles. The number of benzene rings is 1. The van der Waals surface area contributed by atoms with Crippen molar-refractivity contribution in [3.8, 4) is 0 Å². The van der Waals surface area contributed by atoms with Gasteiger partial charge in [-0.25, -0.2) is 9.97 Å². The summed E-state index contributed by atoms with van der Waals surface area (Å²) in [6.07, 6.45) is 4.40. The van der Waals surface area contributed by atoms with Crippen molar-refractivity contribution in [3.63, 3.8) is 0 Å². The molecule has 0 aliphatic heterocycles. The predicted octanol–water partition coefficient (Wildman–Crippen LogP) is 4.95. The maximum atomic E-state index is 6.27. The second-order valence-corrected chi connectivity index (χ2v) is 6.56. The highest BCUT2D eigenvalue weighted by molar-refractivity contribution is 7.98. The number of fused-ring (bicyclic) bond motifs is 1. The molecule has 5 heteroatoms. The van der Waals surface area contributed by atoms with E-state index in [0.717, 1.165) is 39.8 Å². The molecule has 0 bridgehead atoms. The Morgan fingerprint density at radius 2 is 1.85 bits per heavy atom. The fourth-order valence-corrected chi connectivity index (χ4v) is 3.76. The van der Waals surface area contributed by atoms with Crippen LogP contribution < -0.4 is 0 Å². The van der Waals surface area contributed by atoms with Crippen LogP contribution in [0, 0.1) is 0 Å². The molecule has 0 amide bonds. The standard InChI is InChI=1S/C15H14Cl2N2S/c16-11-6-2-4-8-13(11)20-9-14-18-12-7-3-1-5-10(12)15(17)19-14/h2,4,6,8H,1,3,5,7,9H2. The smallest absolute Gasteiger partial charge is 0.140 e. The van der Waals surface area contributed by atoms with Gasteiger partial charge in [0.05, 0.1) is 10.8 Å². The van der Waals surface area contributed by atoms with Crippen LogP contribution in [0.3, 0.4) is 0 Å². The van der Waals surface area contributed by atoms with Gasteiger partial charge < -0.3 is 0 Å². The summed E-state index contributed by atoms with van der Waals surface area (Å²) >= 11 is 14.1. The third kappa shape index (κ3) is 3.11. The lowest BCUT2D eigenvalue weighted by atomic mass is 9.97. The first-order valence-corrected chi connectivity index (χ1v) is 8.39. The van der Waals surface area contributed by atoms with E-state index >= 15 is 0 Å². The third-order valence-electron chi connectivity index (χ3n) is 3.37. The lowest BCUT2D eigenvalue weighted by Crippen LogP contribution is -2.10. The number of rotatable bonds is 3. The highest BCUT2D eigenvalue weighted by Gasteiger charge is 2.16. The number of aromatic nitrogens is 2. The molecule has 0 saturated carbocycles. The summed E-state index contributed by atoms with van der Waals surface area (Å²) in [5.41, 5.74) is 2.27. The van der Waals surface area contributed by atoms with Gasteiger partial charge >= 0.3 is 0 Å². The minimum atomic E-state index is 0.629. The van der Waals surface area contributed by atoms with E-state index < -0.39 is 0 Å². The zero-order valence-corrected chi connectivity index (χ0v) is 13.2. The zero-order valence-electron chi connectivity index (χ0n) is 10.9. The fourth-order valence-electron chi connectivity index (χ4n) is 2.37. The predicted molar refractivity (Wildman–Crippen MR) is 84.7 cm³/mol. The van der Waals surface area contributed by atoms with Gasteiger partial charge in [0.25, 0.3) is 0 Å². The zero-order chi connectivity index (χ0) is 13.9. The van der Waals surface area contributed by atoms with Crippen molar-refractivity contribution in [3.05, 3.63) is 51.5 Å². The Labute approximate surface area is 132 Å². The Balaban J connectivity index is 1.78. The summed E-state index contributed by atoms with van der Waals surface area (Å²) in [4.78, 5) is 10.1. The molecule has 2 aromatic rings. The molecule has 104 valence electrons. The van der Waals surface area contributed by atoms with Crippen molar-refractivity contribution in [2.75, 3.05) is 0 Å². The molecule has 1 aromatic carbocycles. The number of nitrogens with zero attached hydrogens (tertiary/aromatic N) is 2. The lowest BCUT2D eigenvalue weighted by Gasteiger charge is -2.16. The lowest BCUT2D eigenvalue weighted by molar-refractivity contribution is 0.657. The third-order valence-corrected chi connectivity index (χ3v) is 5.20. The molecule has 0 radical (unpaired) electrons. The summed E-state index contributed by atoms with van der Waals surface area (Å²) in [5, 5.41) is 1.39. The molecule has 0 saturated heterocycles. The van der Waals surface area contributed by atoms with Crippen LogP contribution in [0.1, 0.15) is 29.9 Å². The Morgan fingerprint density at radius 3 is 2.70 bits per heavy atom. The summed E-state index contributed by atoms with van der Waals surface area (Å²) in [7, 11) is 0. The maximum Gasteiger partial charge on any atom is 0.140 e. The van der Waals surface area contributed by atoms with E-state index in [1.165, 1.54) is 12.8 Å². The second kappa shape index (κ2) is 6.33. The van der Waals surface area contributed by atoms with Crippen LogP contribution in [0.4, 0.5) is 0 Å². The average molecular weight is 325 g/mol. The molecular formula is C15H14Cl2N2S. The Kier molecular flexibility index (Phi) is 4.49. The summed E-state index contributed by atoms with van der Waals surface area (Å²) in [6.45, 7) is 0.